The molecule has 0 aliphatic heterocycles. The lowest BCUT2D eigenvalue weighted by atomic mass is 9.98. The van der Waals surface area contributed by atoms with Gasteiger partial charge in [-0.25, -0.2) is 0 Å². The molecule has 106 valence electrons. The van der Waals surface area contributed by atoms with Crippen molar-refractivity contribution in [3.8, 4) is 0 Å². The van der Waals surface area contributed by atoms with Gasteiger partial charge >= 0.3 is 6.18 Å². The largest absolute Gasteiger partial charge is 0.416 e. The third kappa shape index (κ3) is 3.11. The Morgan fingerprint density at radius 2 is 2.00 bits per heavy atom. The molecule has 0 amide bonds. The van der Waals surface area contributed by atoms with Crippen molar-refractivity contribution in [1.82, 2.24) is 10.3 Å². The predicted molar refractivity (Wildman–Crippen MR) is 71.6 cm³/mol. The number of nitrogens with one attached hydrogen (secondary N) is 1. The maximum Gasteiger partial charge on any atom is 0.416 e. The molecule has 0 spiro atoms. The molecule has 0 radical (unpaired) electrons. The summed E-state index contributed by atoms with van der Waals surface area (Å²) in [5.41, 5.74) is 0.499. The summed E-state index contributed by atoms with van der Waals surface area (Å²) in [5, 5.41) is 3.38. The summed E-state index contributed by atoms with van der Waals surface area (Å²) in [6, 6.07) is 6.45. The van der Waals surface area contributed by atoms with Crippen molar-refractivity contribution in [2.24, 2.45) is 0 Å². The van der Waals surface area contributed by atoms with Crippen molar-refractivity contribution in [1.29, 1.82) is 0 Å². The lowest BCUT2D eigenvalue weighted by Crippen LogP contribution is -2.19. The highest BCUT2D eigenvalue weighted by molar-refractivity contribution is 6.31. The van der Waals surface area contributed by atoms with Gasteiger partial charge in [-0.1, -0.05) is 23.7 Å². The number of nitrogens with zero attached hydrogens (tertiary/aromatic N) is 1. The van der Waals surface area contributed by atoms with Crippen LogP contribution in [0.15, 0.2) is 42.7 Å². The Balaban J connectivity index is 2.46. The van der Waals surface area contributed by atoms with Crippen molar-refractivity contribution < 1.29 is 13.2 Å². The van der Waals surface area contributed by atoms with E-state index in [1.807, 2.05) is 0 Å². The molecule has 2 nitrogen and oxygen atoms in total. The van der Waals surface area contributed by atoms with E-state index in [4.69, 9.17) is 11.6 Å². The van der Waals surface area contributed by atoms with E-state index < -0.39 is 17.8 Å². The van der Waals surface area contributed by atoms with Crippen LogP contribution in [0, 0.1) is 0 Å². The Kier molecular flexibility index (Phi) is 4.30. The standard InChI is InChI=1S/C14H12ClF3N2/c1-19-13(11-5-6-20-8-12(11)15)9-3-2-4-10(7-9)14(16,17)18/h2-8,13,19H,1H3. The van der Waals surface area contributed by atoms with E-state index in [-0.39, 0.29) is 0 Å². The van der Waals surface area contributed by atoms with Gasteiger partial charge in [0.1, 0.15) is 0 Å². The van der Waals surface area contributed by atoms with Gasteiger partial charge in [0, 0.05) is 12.4 Å². The van der Waals surface area contributed by atoms with Gasteiger partial charge in [0.15, 0.2) is 0 Å². The zero-order valence-corrected chi connectivity index (χ0v) is 11.3. The first-order valence-corrected chi connectivity index (χ1v) is 6.25. The van der Waals surface area contributed by atoms with Crippen molar-refractivity contribution in [3.05, 3.63) is 64.4 Å². The fraction of sp³-hybridized carbons (Fsp3) is 0.214. The third-order valence-electron chi connectivity index (χ3n) is 2.95. The Hall–Kier alpha value is -1.59. The maximum absolute atomic E-state index is 12.8. The first kappa shape index (κ1) is 14.8. The molecule has 20 heavy (non-hydrogen) atoms. The number of rotatable bonds is 3. The van der Waals surface area contributed by atoms with Crippen molar-refractivity contribution in [3.63, 3.8) is 0 Å². The summed E-state index contributed by atoms with van der Waals surface area (Å²) in [4.78, 5) is 3.87. The van der Waals surface area contributed by atoms with Gasteiger partial charge < -0.3 is 5.32 Å². The summed E-state index contributed by atoms with van der Waals surface area (Å²) in [5.74, 6) is 0. The summed E-state index contributed by atoms with van der Waals surface area (Å²) >= 11 is 6.05. The molecule has 0 aliphatic carbocycles. The molecule has 0 saturated heterocycles. The molecule has 2 aromatic rings. The highest BCUT2D eigenvalue weighted by atomic mass is 35.5. The molecule has 1 atom stereocenters. The highest BCUT2D eigenvalue weighted by Gasteiger charge is 2.31. The van der Waals surface area contributed by atoms with Crippen molar-refractivity contribution >= 4 is 11.6 Å². The van der Waals surface area contributed by atoms with E-state index >= 15 is 0 Å². The van der Waals surface area contributed by atoms with E-state index in [9.17, 15) is 13.2 Å². The number of hydrogen-bond donors (Lipinski definition) is 1. The molecular weight excluding hydrogens is 289 g/mol. The molecule has 0 saturated carbocycles. The molecule has 2 rings (SSSR count). The van der Waals surface area contributed by atoms with Gasteiger partial charge in [0.2, 0.25) is 0 Å². The Labute approximate surface area is 119 Å². The van der Waals surface area contributed by atoms with Gasteiger partial charge in [-0.15, -0.1) is 0 Å². The molecule has 6 heteroatoms. The molecular formula is C14H12ClF3N2. The van der Waals surface area contributed by atoms with Crippen LogP contribution in [0.1, 0.15) is 22.7 Å². The van der Waals surface area contributed by atoms with Gasteiger partial charge in [-0.2, -0.15) is 13.2 Å². The molecule has 1 unspecified atom stereocenters. The molecule has 0 aliphatic rings. The van der Waals surface area contributed by atoms with Crippen molar-refractivity contribution in [2.45, 2.75) is 12.2 Å². The highest BCUT2D eigenvalue weighted by Crippen LogP contribution is 2.33. The van der Waals surface area contributed by atoms with Crippen LogP contribution in [0.5, 0.6) is 0 Å². The molecule has 0 fully saturated rings. The van der Waals surface area contributed by atoms with Crippen LogP contribution in [0.2, 0.25) is 5.02 Å². The number of halogens is 4. The van der Waals surface area contributed by atoms with Crippen LogP contribution in [0.25, 0.3) is 0 Å². The minimum Gasteiger partial charge on any atom is -0.309 e. The fourth-order valence-electron chi connectivity index (χ4n) is 2.02. The van der Waals surface area contributed by atoms with Gasteiger partial charge in [-0.05, 0) is 36.4 Å². The molecule has 1 aromatic heterocycles. The first-order chi connectivity index (χ1) is 9.43. The Morgan fingerprint density at radius 3 is 2.60 bits per heavy atom. The summed E-state index contributed by atoms with van der Waals surface area (Å²) in [6.07, 6.45) is -1.34. The van der Waals surface area contributed by atoms with Crippen LogP contribution in [0.4, 0.5) is 13.2 Å². The van der Waals surface area contributed by atoms with E-state index in [0.717, 1.165) is 12.1 Å². The quantitative estimate of drug-likeness (QED) is 0.924. The monoisotopic (exact) mass is 300 g/mol. The fourth-order valence-corrected chi connectivity index (χ4v) is 2.24. The zero-order chi connectivity index (χ0) is 14.8. The normalized spacial score (nSPS) is 13.2. The van der Waals surface area contributed by atoms with E-state index in [1.165, 1.54) is 12.3 Å². The first-order valence-electron chi connectivity index (χ1n) is 5.87. The Bertz CT molecular complexity index is 599. The van der Waals surface area contributed by atoms with Crippen molar-refractivity contribution in [2.75, 3.05) is 7.05 Å². The topological polar surface area (TPSA) is 24.9 Å². The number of alkyl halides is 3. The van der Waals surface area contributed by atoms with E-state index in [0.29, 0.717) is 16.1 Å². The minimum absolute atomic E-state index is 0.407. The second-order valence-electron chi connectivity index (χ2n) is 4.24. The smallest absolute Gasteiger partial charge is 0.309 e. The lowest BCUT2D eigenvalue weighted by Gasteiger charge is -2.19. The maximum atomic E-state index is 12.8. The number of pyridine rings is 1. The zero-order valence-electron chi connectivity index (χ0n) is 10.6. The molecule has 0 bridgehead atoms. The van der Waals surface area contributed by atoms with Crippen LogP contribution in [-0.4, -0.2) is 12.0 Å². The second kappa shape index (κ2) is 5.81. The van der Waals surface area contributed by atoms with Crippen LogP contribution >= 0.6 is 11.6 Å². The average molecular weight is 301 g/mol. The lowest BCUT2D eigenvalue weighted by molar-refractivity contribution is -0.137. The summed E-state index contributed by atoms with van der Waals surface area (Å²) in [7, 11) is 1.67. The number of aromatic nitrogens is 1. The van der Waals surface area contributed by atoms with Gasteiger partial charge in [0.05, 0.1) is 16.6 Å². The van der Waals surface area contributed by atoms with Gasteiger partial charge in [0.25, 0.3) is 0 Å². The SMILES string of the molecule is CNC(c1cccc(C(F)(F)F)c1)c1ccncc1Cl. The number of hydrogen-bond acceptors (Lipinski definition) is 2. The average Bonchev–Trinajstić information content (AvgIpc) is 2.41. The second-order valence-corrected chi connectivity index (χ2v) is 4.65. The number of benzene rings is 1. The third-order valence-corrected chi connectivity index (χ3v) is 3.27. The van der Waals surface area contributed by atoms with Crippen LogP contribution < -0.4 is 5.32 Å². The Morgan fingerprint density at radius 1 is 1.25 bits per heavy atom. The van der Waals surface area contributed by atoms with Crippen LogP contribution in [0.3, 0.4) is 0 Å². The summed E-state index contributed by atoms with van der Waals surface area (Å²) in [6.45, 7) is 0. The van der Waals surface area contributed by atoms with E-state index in [1.54, 1.807) is 25.4 Å². The predicted octanol–water partition coefficient (Wildman–Crippen LogP) is 4.06. The van der Waals surface area contributed by atoms with Crippen LogP contribution in [-0.2, 0) is 6.18 Å². The molecule has 1 N–H and O–H groups in total. The summed E-state index contributed by atoms with van der Waals surface area (Å²) < 4.78 is 38.3. The minimum atomic E-state index is -4.36. The molecule has 1 heterocycles. The molecule has 1 aromatic carbocycles. The van der Waals surface area contributed by atoms with Gasteiger partial charge in [-0.3, -0.25) is 4.98 Å². The van der Waals surface area contributed by atoms with E-state index in [2.05, 4.69) is 10.3 Å².